The second-order valence-electron chi connectivity index (χ2n) is 5.98. The van der Waals surface area contributed by atoms with Gasteiger partial charge in [0.15, 0.2) is 0 Å². The molecule has 0 radical (unpaired) electrons. The number of nitrogens with zero attached hydrogens (tertiary/aromatic N) is 2. The van der Waals surface area contributed by atoms with Crippen LogP contribution >= 0.6 is 11.8 Å². The number of hydrogen-bond acceptors (Lipinski definition) is 4. The summed E-state index contributed by atoms with van der Waals surface area (Å²) in [6.07, 6.45) is 11.6. The van der Waals surface area contributed by atoms with Crippen LogP contribution in [0.4, 0.5) is 0 Å². The largest absolute Gasteiger partial charge is 0.410 e. The Bertz CT molecular complexity index is 307. The van der Waals surface area contributed by atoms with E-state index in [9.17, 15) is 4.79 Å². The van der Waals surface area contributed by atoms with Gasteiger partial charge in [-0.25, -0.2) is 0 Å². The maximum absolute atomic E-state index is 12.1. The summed E-state index contributed by atoms with van der Waals surface area (Å²) in [5.41, 5.74) is 0. The fourth-order valence-corrected chi connectivity index (χ4v) is 3.31. The zero-order chi connectivity index (χ0) is 16.1. The number of oxime groups is 1. The number of rotatable bonds is 12. The van der Waals surface area contributed by atoms with E-state index in [-0.39, 0.29) is 5.91 Å². The Hall–Kier alpha value is -0.710. The Morgan fingerprint density at radius 3 is 2.19 bits per heavy atom. The number of carbonyl (C=O) groups is 1. The summed E-state index contributed by atoms with van der Waals surface area (Å²) in [4.78, 5) is 13.5. The van der Waals surface area contributed by atoms with Crippen molar-refractivity contribution < 1.29 is 10.0 Å². The molecule has 0 aliphatic carbocycles. The summed E-state index contributed by atoms with van der Waals surface area (Å²) in [5.74, 6) is 0.961. The smallest absolute Gasteiger partial charge is 0.243 e. The van der Waals surface area contributed by atoms with E-state index in [0.29, 0.717) is 0 Å². The van der Waals surface area contributed by atoms with Crippen molar-refractivity contribution in [3.63, 3.8) is 0 Å². The lowest BCUT2D eigenvalue weighted by Gasteiger charge is -2.26. The third-order valence-electron chi connectivity index (χ3n) is 3.52. The molecule has 1 N–H and O–H groups in total. The SMILES string of the molecule is CCCCCCCCCCSC(C)(C)C(=O)N(C)C=NO. The molecule has 0 saturated heterocycles. The first kappa shape index (κ1) is 20.3. The molecular weight excluding hydrogens is 284 g/mol. The normalized spacial score (nSPS) is 12.0. The maximum atomic E-state index is 12.1. The lowest BCUT2D eigenvalue weighted by molar-refractivity contribution is -0.127. The van der Waals surface area contributed by atoms with E-state index >= 15 is 0 Å². The number of amides is 1. The lowest BCUT2D eigenvalue weighted by atomic mass is 10.1. The van der Waals surface area contributed by atoms with Crippen LogP contribution in [0.1, 0.15) is 72.1 Å². The van der Waals surface area contributed by atoms with Gasteiger partial charge in [-0.1, -0.05) is 57.0 Å². The van der Waals surface area contributed by atoms with Crippen molar-refractivity contribution in [1.29, 1.82) is 0 Å². The predicted molar refractivity (Wildman–Crippen MR) is 92.2 cm³/mol. The molecule has 0 atom stereocenters. The second-order valence-corrected chi connectivity index (χ2v) is 7.70. The summed E-state index contributed by atoms with van der Waals surface area (Å²) < 4.78 is -0.475. The van der Waals surface area contributed by atoms with Gasteiger partial charge in [0, 0.05) is 7.05 Å². The van der Waals surface area contributed by atoms with Crippen molar-refractivity contribution in [2.75, 3.05) is 12.8 Å². The van der Waals surface area contributed by atoms with Gasteiger partial charge in [0.25, 0.3) is 0 Å². The zero-order valence-electron chi connectivity index (χ0n) is 14.1. The zero-order valence-corrected chi connectivity index (χ0v) is 14.9. The van der Waals surface area contributed by atoms with Crippen molar-refractivity contribution in [2.24, 2.45) is 5.16 Å². The standard InChI is InChI=1S/C16H32N2O2S/c1-5-6-7-8-9-10-11-12-13-21-16(2,3)15(19)18(4)14-17-20/h14,20H,5-13H2,1-4H3. The molecule has 124 valence electrons. The summed E-state index contributed by atoms with van der Waals surface area (Å²) in [6.45, 7) is 6.09. The molecule has 5 heteroatoms. The van der Waals surface area contributed by atoms with Crippen LogP contribution in [0.15, 0.2) is 5.16 Å². The number of unbranched alkanes of at least 4 members (excludes halogenated alkanes) is 7. The van der Waals surface area contributed by atoms with Crippen LogP contribution in [0.3, 0.4) is 0 Å². The average molecular weight is 317 g/mol. The molecule has 0 fully saturated rings. The van der Waals surface area contributed by atoms with Crippen LogP contribution in [-0.4, -0.2) is 39.9 Å². The van der Waals surface area contributed by atoms with Gasteiger partial charge in [-0.2, -0.15) is 0 Å². The minimum Gasteiger partial charge on any atom is -0.410 e. The quantitative estimate of drug-likeness (QED) is 0.189. The van der Waals surface area contributed by atoms with Crippen molar-refractivity contribution in [3.05, 3.63) is 0 Å². The lowest BCUT2D eigenvalue weighted by Crippen LogP contribution is -2.40. The van der Waals surface area contributed by atoms with Gasteiger partial charge < -0.3 is 10.1 Å². The minimum absolute atomic E-state index is 0.0372. The Labute approximate surface area is 134 Å². The Kier molecular flexibility index (Phi) is 11.5. The fourth-order valence-electron chi connectivity index (χ4n) is 2.18. The Morgan fingerprint density at radius 2 is 1.67 bits per heavy atom. The molecule has 0 spiro atoms. The highest BCUT2D eigenvalue weighted by molar-refractivity contribution is 8.01. The molecule has 0 aromatic carbocycles. The molecule has 0 aliphatic heterocycles. The van der Waals surface area contributed by atoms with Crippen LogP contribution in [0.25, 0.3) is 0 Å². The van der Waals surface area contributed by atoms with Gasteiger partial charge in [-0.15, -0.1) is 11.8 Å². The molecule has 0 aliphatic rings. The van der Waals surface area contributed by atoms with Crippen LogP contribution in [0.2, 0.25) is 0 Å². The second kappa shape index (κ2) is 11.9. The summed E-state index contributed by atoms with van der Waals surface area (Å²) in [5, 5.41) is 11.4. The fraction of sp³-hybridized carbons (Fsp3) is 0.875. The first-order valence-corrected chi connectivity index (χ1v) is 9.03. The van der Waals surface area contributed by atoms with Gasteiger partial charge in [0.05, 0.1) is 4.75 Å². The van der Waals surface area contributed by atoms with Gasteiger partial charge in [0.2, 0.25) is 5.91 Å². The first-order valence-electron chi connectivity index (χ1n) is 8.04. The van der Waals surface area contributed by atoms with Gasteiger partial charge in [0.1, 0.15) is 6.34 Å². The summed E-state index contributed by atoms with van der Waals surface area (Å²) in [7, 11) is 1.61. The molecule has 4 nitrogen and oxygen atoms in total. The predicted octanol–water partition coefficient (Wildman–Crippen LogP) is 4.51. The number of carbonyl (C=O) groups excluding carboxylic acids is 1. The van der Waals surface area contributed by atoms with E-state index in [4.69, 9.17) is 5.21 Å². The van der Waals surface area contributed by atoms with Gasteiger partial charge in [-0.3, -0.25) is 4.79 Å². The van der Waals surface area contributed by atoms with E-state index in [2.05, 4.69) is 12.1 Å². The van der Waals surface area contributed by atoms with Crippen molar-refractivity contribution in [1.82, 2.24) is 4.90 Å². The Morgan fingerprint density at radius 1 is 1.14 bits per heavy atom. The van der Waals surface area contributed by atoms with E-state index in [1.807, 2.05) is 13.8 Å². The highest BCUT2D eigenvalue weighted by atomic mass is 32.2. The topological polar surface area (TPSA) is 52.9 Å². The highest BCUT2D eigenvalue weighted by Crippen LogP contribution is 2.27. The van der Waals surface area contributed by atoms with Crippen LogP contribution in [-0.2, 0) is 4.79 Å². The molecule has 0 aromatic rings. The van der Waals surface area contributed by atoms with E-state index < -0.39 is 4.75 Å². The monoisotopic (exact) mass is 316 g/mol. The van der Waals surface area contributed by atoms with Crippen LogP contribution in [0.5, 0.6) is 0 Å². The van der Waals surface area contributed by atoms with Crippen molar-refractivity contribution in [2.45, 2.75) is 76.9 Å². The minimum atomic E-state index is -0.475. The molecule has 21 heavy (non-hydrogen) atoms. The van der Waals surface area contributed by atoms with E-state index in [1.54, 1.807) is 18.8 Å². The van der Waals surface area contributed by atoms with E-state index in [1.165, 1.54) is 49.8 Å². The van der Waals surface area contributed by atoms with Crippen LogP contribution < -0.4 is 0 Å². The van der Waals surface area contributed by atoms with Crippen molar-refractivity contribution >= 4 is 24.0 Å². The molecule has 0 bridgehead atoms. The summed E-state index contributed by atoms with van der Waals surface area (Å²) >= 11 is 1.68. The first-order chi connectivity index (χ1) is 9.95. The average Bonchev–Trinajstić information content (AvgIpc) is 2.45. The van der Waals surface area contributed by atoms with Crippen LogP contribution in [0, 0.1) is 0 Å². The third kappa shape index (κ3) is 9.77. The molecule has 0 heterocycles. The molecular formula is C16H32N2O2S. The Balaban J connectivity index is 3.72. The molecule has 0 rings (SSSR count). The molecule has 0 saturated carbocycles. The molecule has 0 aromatic heterocycles. The number of thioether (sulfide) groups is 1. The maximum Gasteiger partial charge on any atom is 0.243 e. The van der Waals surface area contributed by atoms with Gasteiger partial charge >= 0.3 is 0 Å². The molecule has 0 unspecified atom stereocenters. The summed E-state index contributed by atoms with van der Waals surface area (Å²) in [6, 6.07) is 0. The van der Waals surface area contributed by atoms with E-state index in [0.717, 1.165) is 18.5 Å². The van der Waals surface area contributed by atoms with Gasteiger partial charge in [-0.05, 0) is 26.0 Å². The molecule has 1 amide bonds. The third-order valence-corrected chi connectivity index (χ3v) is 4.91. The highest BCUT2D eigenvalue weighted by Gasteiger charge is 2.30. The van der Waals surface area contributed by atoms with Crippen molar-refractivity contribution in [3.8, 4) is 0 Å². The number of hydrogen-bond donors (Lipinski definition) is 1.